The second-order valence-corrected chi connectivity index (χ2v) is 6.49. The summed E-state index contributed by atoms with van der Waals surface area (Å²) in [5, 5.41) is 5.82. The number of carbonyl (C=O) groups is 2. The van der Waals surface area contributed by atoms with Gasteiger partial charge in [0.05, 0.1) is 0 Å². The molecule has 0 spiro atoms. The van der Waals surface area contributed by atoms with E-state index in [2.05, 4.69) is 10.6 Å². The summed E-state index contributed by atoms with van der Waals surface area (Å²) in [4.78, 5) is 23.5. The van der Waals surface area contributed by atoms with E-state index in [1.165, 1.54) is 0 Å². The van der Waals surface area contributed by atoms with E-state index < -0.39 is 5.60 Å². The van der Waals surface area contributed by atoms with E-state index >= 15 is 0 Å². The molecule has 0 aromatic rings. The number of rotatable bonds is 4. The molecule has 0 radical (unpaired) electrons. The van der Waals surface area contributed by atoms with Crippen LogP contribution in [0.3, 0.4) is 0 Å². The molecule has 0 atom stereocenters. The van der Waals surface area contributed by atoms with Crippen LogP contribution in [-0.2, 0) is 9.53 Å². The zero-order valence-electron chi connectivity index (χ0n) is 13.1. The van der Waals surface area contributed by atoms with Crippen molar-refractivity contribution >= 4 is 12.0 Å². The molecular weight excluding hydrogens is 256 g/mol. The van der Waals surface area contributed by atoms with E-state index in [1.807, 2.05) is 27.7 Å². The van der Waals surface area contributed by atoms with Gasteiger partial charge in [0.2, 0.25) is 5.91 Å². The molecule has 1 fully saturated rings. The first kappa shape index (κ1) is 16.8. The third-order valence-electron chi connectivity index (χ3n) is 3.37. The van der Waals surface area contributed by atoms with Crippen molar-refractivity contribution in [3.05, 3.63) is 0 Å². The lowest BCUT2D eigenvalue weighted by molar-refractivity contribution is -0.126. The molecular formula is C15H28N2O3. The zero-order chi connectivity index (χ0) is 15.2. The van der Waals surface area contributed by atoms with Crippen molar-refractivity contribution in [3.8, 4) is 0 Å². The molecule has 2 N–H and O–H groups in total. The Morgan fingerprint density at radius 1 is 1.15 bits per heavy atom. The van der Waals surface area contributed by atoms with E-state index in [9.17, 15) is 9.59 Å². The number of alkyl carbamates (subject to hydrolysis) is 1. The largest absolute Gasteiger partial charge is 0.444 e. The first-order valence-electron chi connectivity index (χ1n) is 7.59. The Kier molecular flexibility index (Phi) is 6.30. The SMILES string of the molecule is CCCNC(=O)C1CCC(NC(=O)OC(C)(C)C)CC1. The van der Waals surface area contributed by atoms with Crippen molar-refractivity contribution < 1.29 is 14.3 Å². The summed E-state index contributed by atoms with van der Waals surface area (Å²) in [6.45, 7) is 8.33. The van der Waals surface area contributed by atoms with Crippen LogP contribution in [0.1, 0.15) is 59.8 Å². The molecule has 5 nitrogen and oxygen atoms in total. The standard InChI is InChI=1S/C15H28N2O3/c1-5-10-16-13(18)11-6-8-12(9-7-11)17-14(19)20-15(2,3)4/h11-12H,5-10H2,1-4H3,(H,16,18)(H,17,19). The van der Waals surface area contributed by atoms with Crippen LogP contribution in [0.5, 0.6) is 0 Å². The second kappa shape index (κ2) is 7.50. The Bertz CT molecular complexity index is 329. The third-order valence-corrected chi connectivity index (χ3v) is 3.37. The fourth-order valence-corrected chi connectivity index (χ4v) is 2.37. The summed E-state index contributed by atoms with van der Waals surface area (Å²) in [7, 11) is 0. The van der Waals surface area contributed by atoms with Gasteiger partial charge in [-0.3, -0.25) is 4.79 Å². The molecule has 20 heavy (non-hydrogen) atoms. The maximum absolute atomic E-state index is 11.9. The molecule has 0 saturated heterocycles. The lowest BCUT2D eigenvalue weighted by Gasteiger charge is -2.29. The minimum atomic E-state index is -0.471. The molecule has 0 unspecified atom stereocenters. The molecule has 0 bridgehead atoms. The first-order valence-corrected chi connectivity index (χ1v) is 7.59. The third kappa shape index (κ3) is 6.26. The molecule has 1 aliphatic rings. The van der Waals surface area contributed by atoms with Gasteiger partial charge in [0.25, 0.3) is 0 Å². The summed E-state index contributed by atoms with van der Waals surface area (Å²) < 4.78 is 5.24. The lowest BCUT2D eigenvalue weighted by atomic mass is 9.85. The van der Waals surface area contributed by atoms with Crippen molar-refractivity contribution in [2.24, 2.45) is 5.92 Å². The Balaban J connectivity index is 2.28. The van der Waals surface area contributed by atoms with Crippen LogP contribution in [0, 0.1) is 5.92 Å². The average Bonchev–Trinajstić information content (AvgIpc) is 2.34. The molecule has 116 valence electrons. The molecule has 1 rings (SSSR count). The van der Waals surface area contributed by atoms with Gasteiger partial charge in [0.15, 0.2) is 0 Å². The fourth-order valence-electron chi connectivity index (χ4n) is 2.37. The normalized spacial score (nSPS) is 23.0. The van der Waals surface area contributed by atoms with Gasteiger partial charge >= 0.3 is 6.09 Å². The molecule has 0 aromatic carbocycles. The smallest absolute Gasteiger partial charge is 0.407 e. The summed E-state index contributed by atoms with van der Waals surface area (Å²) in [6, 6.07) is 0.125. The summed E-state index contributed by atoms with van der Waals surface area (Å²) in [5.74, 6) is 0.251. The maximum atomic E-state index is 11.9. The van der Waals surface area contributed by atoms with Crippen molar-refractivity contribution in [3.63, 3.8) is 0 Å². The predicted molar refractivity (Wildman–Crippen MR) is 78.4 cm³/mol. The van der Waals surface area contributed by atoms with Gasteiger partial charge in [-0.25, -0.2) is 4.79 Å². The highest BCUT2D eigenvalue weighted by Crippen LogP contribution is 2.24. The quantitative estimate of drug-likeness (QED) is 0.834. The summed E-state index contributed by atoms with van der Waals surface area (Å²) >= 11 is 0. The average molecular weight is 284 g/mol. The highest BCUT2D eigenvalue weighted by molar-refractivity contribution is 5.78. The van der Waals surface area contributed by atoms with Crippen molar-refractivity contribution in [2.75, 3.05) is 6.54 Å². The van der Waals surface area contributed by atoms with Gasteiger partial charge < -0.3 is 15.4 Å². The summed E-state index contributed by atoms with van der Waals surface area (Å²) in [6.07, 6.45) is 3.93. The minimum absolute atomic E-state index is 0.0956. The molecule has 1 aliphatic carbocycles. The fraction of sp³-hybridized carbons (Fsp3) is 0.867. The van der Waals surface area contributed by atoms with Crippen LogP contribution < -0.4 is 10.6 Å². The number of nitrogens with one attached hydrogen (secondary N) is 2. The topological polar surface area (TPSA) is 67.4 Å². The highest BCUT2D eigenvalue weighted by atomic mass is 16.6. The summed E-state index contributed by atoms with van der Waals surface area (Å²) in [5.41, 5.74) is -0.471. The van der Waals surface area contributed by atoms with Crippen molar-refractivity contribution in [1.82, 2.24) is 10.6 Å². The molecule has 0 heterocycles. The first-order chi connectivity index (χ1) is 9.31. The minimum Gasteiger partial charge on any atom is -0.444 e. The molecule has 1 saturated carbocycles. The lowest BCUT2D eigenvalue weighted by Crippen LogP contribution is -2.42. The second-order valence-electron chi connectivity index (χ2n) is 6.49. The number of amides is 2. The highest BCUT2D eigenvalue weighted by Gasteiger charge is 2.27. The van der Waals surface area contributed by atoms with Crippen molar-refractivity contribution in [1.29, 1.82) is 0 Å². The number of hydrogen-bond acceptors (Lipinski definition) is 3. The van der Waals surface area contributed by atoms with E-state index in [0.717, 1.165) is 38.6 Å². The molecule has 2 amide bonds. The molecule has 0 aromatic heterocycles. The van der Waals surface area contributed by atoms with E-state index in [-0.39, 0.29) is 24.0 Å². The van der Waals surface area contributed by atoms with Gasteiger partial charge in [0.1, 0.15) is 5.60 Å². The van der Waals surface area contributed by atoms with Crippen LogP contribution in [0.4, 0.5) is 4.79 Å². The van der Waals surface area contributed by atoms with Gasteiger partial charge in [-0.15, -0.1) is 0 Å². The van der Waals surface area contributed by atoms with Gasteiger partial charge in [-0.05, 0) is 52.9 Å². The van der Waals surface area contributed by atoms with Crippen LogP contribution >= 0.6 is 0 Å². The van der Waals surface area contributed by atoms with Gasteiger partial charge in [-0.2, -0.15) is 0 Å². The molecule has 0 aliphatic heterocycles. The Morgan fingerprint density at radius 2 is 1.75 bits per heavy atom. The van der Waals surface area contributed by atoms with E-state index in [4.69, 9.17) is 4.74 Å². The monoisotopic (exact) mass is 284 g/mol. The van der Waals surface area contributed by atoms with Crippen LogP contribution in [0.25, 0.3) is 0 Å². The number of hydrogen-bond donors (Lipinski definition) is 2. The zero-order valence-corrected chi connectivity index (χ0v) is 13.1. The maximum Gasteiger partial charge on any atom is 0.407 e. The van der Waals surface area contributed by atoms with Crippen LogP contribution in [-0.4, -0.2) is 30.2 Å². The van der Waals surface area contributed by atoms with Crippen LogP contribution in [0.15, 0.2) is 0 Å². The van der Waals surface area contributed by atoms with Gasteiger partial charge in [0, 0.05) is 18.5 Å². The van der Waals surface area contributed by atoms with Crippen molar-refractivity contribution in [2.45, 2.75) is 71.4 Å². The van der Waals surface area contributed by atoms with E-state index in [0.29, 0.717) is 0 Å². The Hall–Kier alpha value is -1.26. The Labute approximate surface area is 121 Å². The molecule has 5 heteroatoms. The number of ether oxygens (including phenoxy) is 1. The van der Waals surface area contributed by atoms with E-state index in [1.54, 1.807) is 0 Å². The van der Waals surface area contributed by atoms with Gasteiger partial charge in [-0.1, -0.05) is 6.92 Å². The Morgan fingerprint density at radius 3 is 2.25 bits per heavy atom. The predicted octanol–water partition coefficient (Wildman–Crippen LogP) is 2.60. The van der Waals surface area contributed by atoms with Crippen LogP contribution in [0.2, 0.25) is 0 Å². The number of carbonyl (C=O) groups excluding carboxylic acids is 2.